The third-order valence-electron chi connectivity index (χ3n) is 2.16. The molecule has 98 valence electrons. The third kappa shape index (κ3) is 6.52. The van der Waals surface area contributed by atoms with Crippen molar-refractivity contribution in [3.63, 3.8) is 0 Å². The molecule has 1 rings (SSSR count). The molecule has 7 heteroatoms. The van der Waals surface area contributed by atoms with Crippen molar-refractivity contribution in [3.05, 3.63) is 6.20 Å². The van der Waals surface area contributed by atoms with Crippen LogP contribution in [0.1, 0.15) is 20.3 Å². The molecule has 0 fully saturated rings. The Balaban J connectivity index is 2.10. The molecule has 1 heterocycles. The normalized spacial score (nSPS) is 16.5. The molecule has 0 spiro atoms. The molecular formula is C10H19N3O3S. The highest BCUT2D eigenvalue weighted by molar-refractivity contribution is 6.99. The number of nitrogens with one attached hydrogen (secondary N) is 1. The number of aliphatic hydroxyl groups is 2. The van der Waals surface area contributed by atoms with Gasteiger partial charge in [0.15, 0.2) is 0 Å². The van der Waals surface area contributed by atoms with E-state index in [0.29, 0.717) is 18.8 Å². The van der Waals surface area contributed by atoms with Gasteiger partial charge < -0.3 is 20.3 Å². The molecular weight excluding hydrogens is 242 g/mol. The summed E-state index contributed by atoms with van der Waals surface area (Å²) in [6.45, 7) is 4.31. The molecule has 0 aliphatic heterocycles. The molecule has 1 aromatic heterocycles. The van der Waals surface area contributed by atoms with E-state index < -0.39 is 6.10 Å². The highest BCUT2D eigenvalue weighted by Gasteiger charge is 2.10. The van der Waals surface area contributed by atoms with Gasteiger partial charge in [-0.3, -0.25) is 0 Å². The summed E-state index contributed by atoms with van der Waals surface area (Å²) in [5, 5.41) is 21.9. The van der Waals surface area contributed by atoms with Gasteiger partial charge in [-0.2, -0.15) is 4.37 Å². The predicted octanol–water partition coefficient (Wildman–Crippen LogP) is 0.0268. The second-order valence-electron chi connectivity index (χ2n) is 4.10. The summed E-state index contributed by atoms with van der Waals surface area (Å²) in [6, 6.07) is 0.158. The molecule has 17 heavy (non-hydrogen) atoms. The lowest BCUT2D eigenvalue weighted by molar-refractivity contribution is 0.0983. The summed E-state index contributed by atoms with van der Waals surface area (Å²) in [5.41, 5.74) is 0. The largest absolute Gasteiger partial charge is 0.473 e. The topological polar surface area (TPSA) is 87.5 Å². The van der Waals surface area contributed by atoms with Gasteiger partial charge in [0.1, 0.15) is 18.9 Å². The van der Waals surface area contributed by atoms with Crippen molar-refractivity contribution >= 4 is 11.7 Å². The molecule has 0 radical (unpaired) electrons. The molecule has 3 atom stereocenters. The first-order valence-corrected chi connectivity index (χ1v) is 6.31. The van der Waals surface area contributed by atoms with Crippen LogP contribution in [0.15, 0.2) is 6.20 Å². The molecule has 3 unspecified atom stereocenters. The summed E-state index contributed by atoms with van der Waals surface area (Å²) in [5.74, 6) is 0.436. The van der Waals surface area contributed by atoms with Gasteiger partial charge in [0.05, 0.1) is 17.8 Å². The Morgan fingerprint density at radius 3 is 2.82 bits per heavy atom. The van der Waals surface area contributed by atoms with Crippen LogP contribution in [0, 0.1) is 0 Å². The minimum Gasteiger partial charge on any atom is -0.473 e. The first-order valence-electron chi connectivity index (χ1n) is 5.57. The zero-order valence-electron chi connectivity index (χ0n) is 10.0. The van der Waals surface area contributed by atoms with E-state index in [1.54, 1.807) is 6.92 Å². The fraction of sp³-hybridized carbons (Fsp3) is 0.800. The minimum absolute atomic E-state index is 0.158. The van der Waals surface area contributed by atoms with E-state index in [4.69, 9.17) is 4.74 Å². The Kier molecular flexibility index (Phi) is 6.35. The van der Waals surface area contributed by atoms with E-state index >= 15 is 0 Å². The quantitative estimate of drug-likeness (QED) is 0.612. The van der Waals surface area contributed by atoms with Gasteiger partial charge in [0.25, 0.3) is 0 Å². The molecule has 6 nitrogen and oxygen atoms in total. The van der Waals surface area contributed by atoms with Gasteiger partial charge in [-0.05, 0) is 20.3 Å². The number of aliphatic hydroxyl groups excluding tert-OH is 2. The standard InChI is InChI=1S/C10H19N3O3S/c1-7(3-8(2)14)11-4-9(15)6-16-10-5-12-17-13-10/h5,7-9,11,14-15H,3-4,6H2,1-2H3. The van der Waals surface area contributed by atoms with Gasteiger partial charge >= 0.3 is 0 Å². The van der Waals surface area contributed by atoms with E-state index in [1.807, 2.05) is 6.92 Å². The van der Waals surface area contributed by atoms with Gasteiger partial charge in [0, 0.05) is 12.6 Å². The molecule has 0 amide bonds. The molecule has 0 aliphatic rings. The lowest BCUT2D eigenvalue weighted by atomic mass is 10.1. The Morgan fingerprint density at radius 2 is 2.24 bits per heavy atom. The summed E-state index contributed by atoms with van der Waals surface area (Å²) in [6.07, 6.45) is 1.23. The summed E-state index contributed by atoms with van der Waals surface area (Å²) >= 11 is 1.07. The fourth-order valence-electron chi connectivity index (χ4n) is 1.39. The van der Waals surface area contributed by atoms with Crippen molar-refractivity contribution in [2.24, 2.45) is 0 Å². The van der Waals surface area contributed by atoms with E-state index in [2.05, 4.69) is 14.1 Å². The van der Waals surface area contributed by atoms with Gasteiger partial charge in [-0.25, -0.2) is 0 Å². The van der Waals surface area contributed by atoms with Crippen LogP contribution in [0.3, 0.4) is 0 Å². The Bertz CT molecular complexity index is 295. The second-order valence-corrected chi connectivity index (χ2v) is 4.66. The third-order valence-corrected chi connectivity index (χ3v) is 2.62. The van der Waals surface area contributed by atoms with E-state index in [9.17, 15) is 10.2 Å². The van der Waals surface area contributed by atoms with Crippen LogP contribution >= 0.6 is 11.7 Å². The minimum atomic E-state index is -0.604. The zero-order valence-corrected chi connectivity index (χ0v) is 10.9. The van der Waals surface area contributed by atoms with Crippen LogP contribution in [0.25, 0.3) is 0 Å². The number of nitrogens with zero attached hydrogens (tertiary/aromatic N) is 2. The van der Waals surface area contributed by atoms with Crippen LogP contribution < -0.4 is 10.1 Å². The van der Waals surface area contributed by atoms with Crippen molar-refractivity contribution < 1.29 is 14.9 Å². The number of hydrogen-bond donors (Lipinski definition) is 3. The first-order chi connectivity index (χ1) is 8.08. The van der Waals surface area contributed by atoms with Crippen LogP contribution in [0.2, 0.25) is 0 Å². The van der Waals surface area contributed by atoms with Crippen LogP contribution in [-0.4, -0.2) is 50.4 Å². The fourth-order valence-corrected chi connectivity index (χ4v) is 1.76. The highest BCUT2D eigenvalue weighted by atomic mass is 32.1. The maximum Gasteiger partial charge on any atom is 0.245 e. The Labute approximate surface area is 105 Å². The number of ether oxygens (including phenoxy) is 1. The average Bonchev–Trinajstić information content (AvgIpc) is 2.75. The Morgan fingerprint density at radius 1 is 1.47 bits per heavy atom. The van der Waals surface area contributed by atoms with Crippen molar-refractivity contribution in [1.29, 1.82) is 0 Å². The molecule has 0 saturated heterocycles. The number of rotatable bonds is 8. The smallest absolute Gasteiger partial charge is 0.245 e. The van der Waals surface area contributed by atoms with Crippen molar-refractivity contribution in [2.45, 2.75) is 38.5 Å². The van der Waals surface area contributed by atoms with Crippen LogP contribution in [0.4, 0.5) is 0 Å². The molecule has 0 saturated carbocycles. The van der Waals surface area contributed by atoms with E-state index in [-0.39, 0.29) is 18.8 Å². The van der Waals surface area contributed by atoms with E-state index in [0.717, 1.165) is 11.7 Å². The molecule has 3 N–H and O–H groups in total. The monoisotopic (exact) mass is 261 g/mol. The molecule has 0 aliphatic carbocycles. The summed E-state index contributed by atoms with van der Waals surface area (Å²) in [4.78, 5) is 0. The van der Waals surface area contributed by atoms with Gasteiger partial charge in [-0.1, -0.05) is 0 Å². The van der Waals surface area contributed by atoms with Gasteiger partial charge in [-0.15, -0.1) is 4.37 Å². The van der Waals surface area contributed by atoms with Crippen LogP contribution in [0.5, 0.6) is 5.88 Å². The summed E-state index contributed by atoms with van der Waals surface area (Å²) in [7, 11) is 0. The maximum absolute atomic E-state index is 9.64. The lowest BCUT2D eigenvalue weighted by Gasteiger charge is -2.18. The number of aromatic nitrogens is 2. The summed E-state index contributed by atoms with van der Waals surface area (Å²) < 4.78 is 12.9. The van der Waals surface area contributed by atoms with Crippen LogP contribution in [-0.2, 0) is 0 Å². The molecule has 1 aromatic rings. The van der Waals surface area contributed by atoms with Crippen molar-refractivity contribution in [2.75, 3.05) is 13.2 Å². The van der Waals surface area contributed by atoms with Crippen molar-refractivity contribution in [3.8, 4) is 5.88 Å². The lowest BCUT2D eigenvalue weighted by Crippen LogP contribution is -2.37. The second kappa shape index (κ2) is 7.54. The maximum atomic E-state index is 9.64. The number of hydrogen-bond acceptors (Lipinski definition) is 7. The molecule has 0 bridgehead atoms. The zero-order chi connectivity index (χ0) is 12.7. The van der Waals surface area contributed by atoms with Gasteiger partial charge in [0.2, 0.25) is 5.88 Å². The highest BCUT2D eigenvalue weighted by Crippen LogP contribution is 2.05. The van der Waals surface area contributed by atoms with Crippen molar-refractivity contribution in [1.82, 2.24) is 14.1 Å². The average molecular weight is 261 g/mol. The molecule has 0 aromatic carbocycles. The Hall–Kier alpha value is -0.760. The van der Waals surface area contributed by atoms with E-state index in [1.165, 1.54) is 6.20 Å². The first kappa shape index (κ1) is 14.3. The predicted molar refractivity (Wildman–Crippen MR) is 65.2 cm³/mol. The SMILES string of the molecule is CC(O)CC(C)NCC(O)COc1cnsn1.